The Balaban J connectivity index is 3.33. The van der Waals surface area contributed by atoms with E-state index in [2.05, 4.69) is 9.72 Å². The third-order valence-corrected chi connectivity index (χ3v) is 1.93. The second-order valence-electron chi connectivity index (χ2n) is 2.86. The first-order chi connectivity index (χ1) is 6.60. The molecule has 1 aromatic heterocycles. The van der Waals surface area contributed by atoms with E-state index < -0.39 is 5.97 Å². The Labute approximate surface area is 82.1 Å². The molecule has 0 spiro atoms. The molecule has 1 rings (SSSR count). The number of hydrogen-bond donors (Lipinski definition) is 0. The van der Waals surface area contributed by atoms with Crippen molar-refractivity contribution in [3.05, 3.63) is 28.6 Å². The Morgan fingerprint density at radius 1 is 1.50 bits per heavy atom. The van der Waals surface area contributed by atoms with Crippen molar-refractivity contribution in [3.8, 4) is 6.07 Å². The van der Waals surface area contributed by atoms with Gasteiger partial charge in [0.15, 0.2) is 0 Å². The van der Waals surface area contributed by atoms with Gasteiger partial charge in [-0.25, -0.2) is 4.79 Å². The highest BCUT2D eigenvalue weighted by molar-refractivity contribution is 5.90. The second-order valence-corrected chi connectivity index (χ2v) is 2.86. The number of rotatable bonds is 1. The Morgan fingerprint density at radius 3 is 2.64 bits per heavy atom. The van der Waals surface area contributed by atoms with E-state index in [4.69, 9.17) is 5.26 Å². The van der Waals surface area contributed by atoms with Gasteiger partial charge in [0.25, 0.3) is 0 Å². The fourth-order valence-corrected chi connectivity index (χ4v) is 1.15. The molecule has 4 heteroatoms. The smallest absolute Gasteiger partial charge is 0.339 e. The molecular formula is C10H10N2O2. The molecular weight excluding hydrogens is 180 g/mol. The number of nitriles is 1. The van der Waals surface area contributed by atoms with Gasteiger partial charge in [-0.3, -0.25) is 4.98 Å². The lowest BCUT2D eigenvalue weighted by atomic mass is 10.1. The Morgan fingerprint density at radius 2 is 2.14 bits per heavy atom. The van der Waals surface area contributed by atoms with Crippen molar-refractivity contribution in [1.82, 2.24) is 4.98 Å². The molecule has 0 radical (unpaired) electrons. The van der Waals surface area contributed by atoms with E-state index in [1.807, 2.05) is 6.07 Å². The maximum absolute atomic E-state index is 11.2. The van der Waals surface area contributed by atoms with Crippen LogP contribution in [0.15, 0.2) is 6.07 Å². The number of hydrogen-bond acceptors (Lipinski definition) is 4. The standard InChI is InChI=1S/C10H10N2O2/c1-6-8(5-11)4-9(7(2)12-6)10(13)14-3/h4H,1-3H3. The summed E-state index contributed by atoms with van der Waals surface area (Å²) < 4.78 is 4.57. The molecule has 14 heavy (non-hydrogen) atoms. The average molecular weight is 190 g/mol. The molecule has 0 fully saturated rings. The minimum atomic E-state index is -0.466. The van der Waals surface area contributed by atoms with Crippen LogP contribution in [0.2, 0.25) is 0 Å². The zero-order valence-corrected chi connectivity index (χ0v) is 8.29. The molecule has 0 N–H and O–H groups in total. The number of carbonyl (C=O) groups is 1. The van der Waals surface area contributed by atoms with E-state index in [1.165, 1.54) is 13.2 Å². The second kappa shape index (κ2) is 3.88. The fourth-order valence-electron chi connectivity index (χ4n) is 1.15. The van der Waals surface area contributed by atoms with Gasteiger partial charge in [-0.05, 0) is 19.9 Å². The minimum Gasteiger partial charge on any atom is -0.465 e. The van der Waals surface area contributed by atoms with Gasteiger partial charge in [-0.2, -0.15) is 5.26 Å². The number of esters is 1. The van der Waals surface area contributed by atoms with Crippen molar-refractivity contribution < 1.29 is 9.53 Å². The average Bonchev–Trinajstić information content (AvgIpc) is 2.17. The first kappa shape index (κ1) is 10.2. The largest absolute Gasteiger partial charge is 0.465 e. The van der Waals surface area contributed by atoms with Gasteiger partial charge in [-0.1, -0.05) is 0 Å². The number of methoxy groups -OCH3 is 1. The summed E-state index contributed by atoms with van der Waals surface area (Å²) in [4.78, 5) is 15.3. The molecule has 0 saturated carbocycles. The molecule has 4 nitrogen and oxygen atoms in total. The van der Waals surface area contributed by atoms with Crippen LogP contribution in [0.4, 0.5) is 0 Å². The van der Waals surface area contributed by atoms with Gasteiger partial charge in [0.2, 0.25) is 0 Å². The Hall–Kier alpha value is -1.89. The third kappa shape index (κ3) is 1.72. The lowest BCUT2D eigenvalue weighted by Gasteiger charge is -2.05. The fraction of sp³-hybridized carbons (Fsp3) is 0.300. The number of ether oxygens (including phenoxy) is 1. The molecule has 0 aliphatic rings. The highest BCUT2D eigenvalue weighted by Crippen LogP contribution is 2.12. The molecule has 0 unspecified atom stereocenters. The van der Waals surface area contributed by atoms with Crippen molar-refractivity contribution in [1.29, 1.82) is 5.26 Å². The van der Waals surface area contributed by atoms with Gasteiger partial charge in [0.05, 0.1) is 29.6 Å². The predicted octanol–water partition coefficient (Wildman–Crippen LogP) is 1.36. The summed E-state index contributed by atoms with van der Waals surface area (Å²) in [5.41, 5.74) is 1.94. The van der Waals surface area contributed by atoms with Crippen molar-refractivity contribution in [2.75, 3.05) is 7.11 Å². The van der Waals surface area contributed by atoms with Crippen molar-refractivity contribution in [2.24, 2.45) is 0 Å². The number of aromatic nitrogens is 1. The first-order valence-corrected chi connectivity index (χ1v) is 4.06. The minimum absolute atomic E-state index is 0.342. The van der Waals surface area contributed by atoms with E-state index in [-0.39, 0.29) is 0 Å². The maximum Gasteiger partial charge on any atom is 0.339 e. The van der Waals surface area contributed by atoms with E-state index in [0.717, 1.165) is 0 Å². The molecule has 1 aromatic rings. The van der Waals surface area contributed by atoms with E-state index >= 15 is 0 Å². The summed E-state index contributed by atoms with van der Waals surface area (Å²) in [5, 5.41) is 8.75. The summed E-state index contributed by atoms with van der Waals surface area (Å²) in [6.07, 6.45) is 0. The van der Waals surface area contributed by atoms with Gasteiger partial charge >= 0.3 is 5.97 Å². The molecule has 0 bridgehead atoms. The number of aryl methyl sites for hydroxylation is 2. The van der Waals surface area contributed by atoms with Gasteiger partial charge in [0.1, 0.15) is 6.07 Å². The first-order valence-electron chi connectivity index (χ1n) is 4.06. The summed E-state index contributed by atoms with van der Waals surface area (Å²) in [6.45, 7) is 3.44. The quantitative estimate of drug-likeness (QED) is 0.627. The van der Waals surface area contributed by atoms with Crippen LogP contribution in [0.25, 0.3) is 0 Å². The lowest BCUT2D eigenvalue weighted by Crippen LogP contribution is -2.07. The molecule has 1 heterocycles. The molecule has 72 valence electrons. The van der Waals surface area contributed by atoms with Crippen LogP contribution in [0.1, 0.15) is 27.3 Å². The molecule has 0 aliphatic heterocycles. The summed E-state index contributed by atoms with van der Waals surface area (Å²) in [5.74, 6) is -0.466. The van der Waals surface area contributed by atoms with Crippen LogP contribution in [0.5, 0.6) is 0 Å². The molecule has 0 aliphatic carbocycles. The summed E-state index contributed by atoms with van der Waals surface area (Å²) in [6, 6.07) is 3.48. The van der Waals surface area contributed by atoms with Gasteiger partial charge in [-0.15, -0.1) is 0 Å². The summed E-state index contributed by atoms with van der Waals surface area (Å²) in [7, 11) is 1.30. The van der Waals surface area contributed by atoms with E-state index in [9.17, 15) is 4.79 Å². The number of nitrogens with zero attached hydrogens (tertiary/aromatic N) is 2. The van der Waals surface area contributed by atoms with Crippen LogP contribution in [-0.2, 0) is 4.74 Å². The van der Waals surface area contributed by atoms with Crippen molar-refractivity contribution in [3.63, 3.8) is 0 Å². The molecule has 0 saturated heterocycles. The summed E-state index contributed by atoms with van der Waals surface area (Å²) >= 11 is 0. The van der Waals surface area contributed by atoms with Gasteiger partial charge < -0.3 is 4.74 Å². The zero-order chi connectivity index (χ0) is 10.7. The Kier molecular flexibility index (Phi) is 2.82. The van der Waals surface area contributed by atoms with Crippen LogP contribution in [0.3, 0.4) is 0 Å². The van der Waals surface area contributed by atoms with E-state index in [0.29, 0.717) is 22.5 Å². The molecule has 0 aromatic carbocycles. The van der Waals surface area contributed by atoms with Crippen LogP contribution in [-0.4, -0.2) is 18.1 Å². The number of carbonyl (C=O) groups excluding carboxylic acids is 1. The lowest BCUT2D eigenvalue weighted by molar-refractivity contribution is 0.0599. The maximum atomic E-state index is 11.2. The van der Waals surface area contributed by atoms with E-state index in [1.54, 1.807) is 13.8 Å². The SMILES string of the molecule is COC(=O)c1cc(C#N)c(C)nc1C. The van der Waals surface area contributed by atoms with Crippen molar-refractivity contribution >= 4 is 5.97 Å². The van der Waals surface area contributed by atoms with Crippen LogP contribution >= 0.6 is 0 Å². The van der Waals surface area contributed by atoms with Gasteiger partial charge in [0, 0.05) is 0 Å². The monoisotopic (exact) mass is 190 g/mol. The van der Waals surface area contributed by atoms with Crippen LogP contribution < -0.4 is 0 Å². The zero-order valence-electron chi connectivity index (χ0n) is 8.29. The highest BCUT2D eigenvalue weighted by atomic mass is 16.5. The number of pyridine rings is 1. The topological polar surface area (TPSA) is 63.0 Å². The third-order valence-electron chi connectivity index (χ3n) is 1.93. The predicted molar refractivity (Wildman–Crippen MR) is 49.8 cm³/mol. The van der Waals surface area contributed by atoms with Crippen molar-refractivity contribution in [2.45, 2.75) is 13.8 Å². The normalized spacial score (nSPS) is 9.29. The Bertz CT molecular complexity index is 419. The highest BCUT2D eigenvalue weighted by Gasteiger charge is 2.12. The molecule has 0 amide bonds. The van der Waals surface area contributed by atoms with Crippen LogP contribution in [0, 0.1) is 25.2 Å². The molecule has 0 atom stereocenters.